The molecule has 1 amide bonds. The summed E-state index contributed by atoms with van der Waals surface area (Å²) in [5.41, 5.74) is 1.78. The van der Waals surface area contributed by atoms with Gasteiger partial charge < -0.3 is 9.32 Å². The fourth-order valence-corrected chi connectivity index (χ4v) is 4.40. The predicted octanol–water partition coefficient (Wildman–Crippen LogP) is 5.36. The summed E-state index contributed by atoms with van der Waals surface area (Å²) >= 11 is 0. The van der Waals surface area contributed by atoms with Gasteiger partial charge in [-0.2, -0.15) is 13.2 Å². The molecule has 1 aliphatic carbocycles. The lowest BCUT2D eigenvalue weighted by Gasteiger charge is -2.31. The van der Waals surface area contributed by atoms with Crippen LogP contribution in [0.5, 0.6) is 0 Å². The van der Waals surface area contributed by atoms with Crippen LogP contribution in [0.1, 0.15) is 48.1 Å². The van der Waals surface area contributed by atoms with Gasteiger partial charge in [-0.3, -0.25) is 4.79 Å². The zero-order valence-electron chi connectivity index (χ0n) is 16.2. The summed E-state index contributed by atoms with van der Waals surface area (Å²) < 4.78 is 44.1. The van der Waals surface area contributed by atoms with Crippen molar-refractivity contribution < 1.29 is 22.4 Å². The Morgan fingerprint density at radius 1 is 1.03 bits per heavy atom. The zero-order chi connectivity index (χ0) is 20.9. The van der Waals surface area contributed by atoms with E-state index in [0.29, 0.717) is 19.5 Å². The number of halogens is 3. The van der Waals surface area contributed by atoms with Crippen LogP contribution in [0.25, 0.3) is 11.1 Å². The Hall–Kier alpha value is -2.83. The summed E-state index contributed by atoms with van der Waals surface area (Å²) in [7, 11) is 0. The molecule has 2 unspecified atom stereocenters. The largest absolute Gasteiger partial charge is 0.440 e. The lowest BCUT2D eigenvalue weighted by atomic mass is 9.96. The monoisotopic (exact) mass is 414 g/mol. The molecule has 2 fully saturated rings. The van der Waals surface area contributed by atoms with Gasteiger partial charge in [-0.1, -0.05) is 24.3 Å². The molecule has 30 heavy (non-hydrogen) atoms. The lowest BCUT2D eigenvalue weighted by Crippen LogP contribution is -2.39. The molecule has 2 aromatic carbocycles. The van der Waals surface area contributed by atoms with Gasteiger partial charge in [-0.25, -0.2) is 4.98 Å². The predicted molar refractivity (Wildman–Crippen MR) is 105 cm³/mol. The first-order chi connectivity index (χ1) is 14.4. The summed E-state index contributed by atoms with van der Waals surface area (Å²) in [6, 6.07) is 12.9. The quantitative estimate of drug-likeness (QED) is 0.580. The van der Waals surface area contributed by atoms with Gasteiger partial charge in [0.05, 0.1) is 5.56 Å². The number of piperidine rings is 1. The molecule has 5 rings (SSSR count). The molecular formula is C23H21F3N2O2. The highest BCUT2D eigenvalue weighted by Gasteiger charge is 2.46. The van der Waals surface area contributed by atoms with Crippen LogP contribution in [-0.2, 0) is 11.0 Å². The third kappa shape index (κ3) is 3.57. The van der Waals surface area contributed by atoms with E-state index in [-0.39, 0.29) is 23.7 Å². The van der Waals surface area contributed by atoms with Crippen molar-refractivity contribution in [1.82, 2.24) is 9.88 Å². The Morgan fingerprint density at radius 3 is 2.40 bits per heavy atom. The van der Waals surface area contributed by atoms with E-state index < -0.39 is 11.7 Å². The molecular weight excluding hydrogens is 393 g/mol. The number of aromatic nitrogens is 1. The molecule has 0 spiro atoms. The average Bonchev–Trinajstić information content (AvgIpc) is 3.43. The molecule has 3 aromatic rings. The minimum absolute atomic E-state index is 0.0227. The van der Waals surface area contributed by atoms with Crippen LogP contribution in [0.4, 0.5) is 13.2 Å². The van der Waals surface area contributed by atoms with E-state index in [9.17, 15) is 18.0 Å². The summed E-state index contributed by atoms with van der Waals surface area (Å²) in [5.74, 6) is 0.941. The first-order valence-corrected chi connectivity index (χ1v) is 10.2. The molecule has 2 heterocycles. The second-order valence-corrected chi connectivity index (χ2v) is 8.19. The van der Waals surface area contributed by atoms with Crippen molar-refractivity contribution in [3.63, 3.8) is 0 Å². The van der Waals surface area contributed by atoms with Gasteiger partial charge in [0.25, 0.3) is 0 Å². The molecule has 1 aliphatic heterocycles. The van der Waals surface area contributed by atoms with Crippen molar-refractivity contribution in [1.29, 1.82) is 0 Å². The van der Waals surface area contributed by atoms with Crippen molar-refractivity contribution in [2.75, 3.05) is 13.1 Å². The van der Waals surface area contributed by atoms with Crippen molar-refractivity contribution in [2.24, 2.45) is 5.92 Å². The number of para-hydroxylation sites is 2. The Kier molecular flexibility index (Phi) is 4.56. The van der Waals surface area contributed by atoms with E-state index >= 15 is 0 Å². The van der Waals surface area contributed by atoms with E-state index in [4.69, 9.17) is 4.42 Å². The van der Waals surface area contributed by atoms with Gasteiger partial charge in [-0.05, 0) is 55.0 Å². The number of carbonyl (C=O) groups excluding carboxylic acids is 1. The van der Waals surface area contributed by atoms with Gasteiger partial charge in [0.1, 0.15) is 5.52 Å². The summed E-state index contributed by atoms with van der Waals surface area (Å²) in [6.45, 7) is 1.30. The van der Waals surface area contributed by atoms with Gasteiger partial charge >= 0.3 is 6.18 Å². The molecule has 0 N–H and O–H groups in total. The van der Waals surface area contributed by atoms with E-state index in [0.717, 1.165) is 47.5 Å². The summed E-state index contributed by atoms with van der Waals surface area (Å²) in [5, 5.41) is 0. The highest BCUT2D eigenvalue weighted by atomic mass is 19.4. The standard InChI is InChI=1S/C23H21F3N2O2/c24-23(25,26)16-7-5-14(6-8-16)17-13-18(17)22(29)28-11-9-15(10-12-28)21-27-19-3-1-2-4-20(19)30-21/h1-8,15,17-18H,9-13H2. The number of fused-ring (bicyclic) bond motifs is 1. The molecule has 156 valence electrons. The fraction of sp³-hybridized carbons (Fsp3) is 0.391. The van der Waals surface area contributed by atoms with Gasteiger partial charge in [0.2, 0.25) is 5.91 Å². The molecule has 4 nitrogen and oxygen atoms in total. The first kappa shape index (κ1) is 19.2. The van der Waals surface area contributed by atoms with Crippen molar-refractivity contribution in [3.8, 4) is 0 Å². The number of alkyl halides is 3. The van der Waals surface area contributed by atoms with Crippen LogP contribution in [0.15, 0.2) is 52.9 Å². The van der Waals surface area contributed by atoms with E-state index in [1.807, 2.05) is 29.2 Å². The maximum atomic E-state index is 12.9. The highest BCUT2D eigenvalue weighted by Crippen LogP contribution is 2.49. The molecule has 7 heteroatoms. The average molecular weight is 414 g/mol. The van der Waals surface area contributed by atoms with Crippen LogP contribution in [0.2, 0.25) is 0 Å². The number of carbonyl (C=O) groups is 1. The number of rotatable bonds is 3. The second kappa shape index (κ2) is 7.15. The number of nitrogens with zero attached hydrogens (tertiary/aromatic N) is 2. The number of hydrogen-bond donors (Lipinski definition) is 0. The SMILES string of the molecule is O=C(C1CC1c1ccc(C(F)(F)F)cc1)N1CCC(c2nc3ccccc3o2)CC1. The Bertz CT molecular complexity index is 1030. The smallest absolute Gasteiger partial charge is 0.416 e. The normalized spacial score (nSPS) is 22.4. The number of benzene rings is 2. The van der Waals surface area contributed by atoms with E-state index in [2.05, 4.69) is 4.98 Å². The Morgan fingerprint density at radius 2 is 1.73 bits per heavy atom. The summed E-state index contributed by atoms with van der Waals surface area (Å²) in [4.78, 5) is 19.3. The van der Waals surface area contributed by atoms with Gasteiger partial charge in [0, 0.05) is 24.9 Å². The Labute approximate surface area is 171 Å². The molecule has 2 atom stereocenters. The first-order valence-electron chi connectivity index (χ1n) is 10.2. The Balaban J connectivity index is 1.18. The van der Waals surface area contributed by atoms with Gasteiger partial charge in [0.15, 0.2) is 11.5 Å². The maximum absolute atomic E-state index is 12.9. The minimum atomic E-state index is -4.34. The molecule has 0 radical (unpaired) electrons. The van der Waals surface area contributed by atoms with Crippen molar-refractivity contribution in [3.05, 3.63) is 65.5 Å². The number of likely N-dealkylation sites (tertiary alicyclic amines) is 1. The zero-order valence-corrected chi connectivity index (χ0v) is 16.2. The maximum Gasteiger partial charge on any atom is 0.416 e. The minimum Gasteiger partial charge on any atom is -0.440 e. The van der Waals surface area contributed by atoms with Crippen LogP contribution in [0, 0.1) is 5.92 Å². The molecule has 1 aromatic heterocycles. The van der Waals surface area contributed by atoms with Crippen LogP contribution >= 0.6 is 0 Å². The number of hydrogen-bond acceptors (Lipinski definition) is 3. The lowest BCUT2D eigenvalue weighted by molar-refractivity contribution is -0.137. The molecule has 1 saturated carbocycles. The third-order valence-electron chi connectivity index (χ3n) is 6.24. The molecule has 0 bridgehead atoms. The van der Waals surface area contributed by atoms with Crippen LogP contribution in [-0.4, -0.2) is 28.9 Å². The second-order valence-electron chi connectivity index (χ2n) is 8.19. The highest BCUT2D eigenvalue weighted by molar-refractivity contribution is 5.83. The topological polar surface area (TPSA) is 46.3 Å². The van der Waals surface area contributed by atoms with Crippen molar-refractivity contribution in [2.45, 2.75) is 37.3 Å². The van der Waals surface area contributed by atoms with E-state index in [1.165, 1.54) is 12.1 Å². The summed E-state index contributed by atoms with van der Waals surface area (Å²) in [6.07, 6.45) is -2.03. The van der Waals surface area contributed by atoms with Gasteiger partial charge in [-0.15, -0.1) is 0 Å². The molecule has 2 aliphatic rings. The van der Waals surface area contributed by atoms with Crippen molar-refractivity contribution >= 4 is 17.0 Å². The number of oxazole rings is 1. The number of amides is 1. The van der Waals surface area contributed by atoms with Crippen LogP contribution in [0.3, 0.4) is 0 Å². The van der Waals surface area contributed by atoms with Crippen LogP contribution < -0.4 is 0 Å². The van der Waals surface area contributed by atoms with E-state index in [1.54, 1.807) is 0 Å². The fourth-order valence-electron chi connectivity index (χ4n) is 4.40. The molecule has 1 saturated heterocycles. The third-order valence-corrected chi connectivity index (χ3v) is 6.24.